The van der Waals surface area contributed by atoms with E-state index >= 15 is 0 Å². The summed E-state index contributed by atoms with van der Waals surface area (Å²) in [4.78, 5) is 18.2. The van der Waals surface area contributed by atoms with Crippen molar-refractivity contribution in [2.45, 2.75) is 0 Å². The van der Waals surface area contributed by atoms with Gasteiger partial charge in [-0.05, 0) is 36.4 Å². The van der Waals surface area contributed by atoms with Gasteiger partial charge in [-0.2, -0.15) is 5.10 Å². The number of anilines is 2. The zero-order valence-electron chi connectivity index (χ0n) is 19.2. The molecule has 0 radical (unpaired) electrons. The highest BCUT2D eigenvalue weighted by Crippen LogP contribution is 2.28. The molecular weight excluding hydrogens is 448 g/mol. The van der Waals surface area contributed by atoms with Crippen LogP contribution in [0.3, 0.4) is 0 Å². The van der Waals surface area contributed by atoms with E-state index in [0.29, 0.717) is 22.5 Å². The highest BCUT2D eigenvalue weighted by atomic mass is 16.1. The van der Waals surface area contributed by atoms with Gasteiger partial charge in [-0.25, -0.2) is 14.2 Å². The number of aromatic nitrogens is 4. The van der Waals surface area contributed by atoms with Gasteiger partial charge >= 0.3 is 0 Å². The van der Waals surface area contributed by atoms with Gasteiger partial charge < -0.3 is 0 Å². The van der Waals surface area contributed by atoms with Crippen molar-refractivity contribution >= 4 is 22.5 Å². The van der Waals surface area contributed by atoms with Gasteiger partial charge in [-0.15, -0.1) is 0 Å². The smallest absolute Gasteiger partial charge is 0.267 e. The number of benzene rings is 4. The van der Waals surface area contributed by atoms with E-state index in [1.54, 1.807) is 10.6 Å². The fourth-order valence-corrected chi connectivity index (χ4v) is 4.14. The van der Waals surface area contributed by atoms with Gasteiger partial charge in [0.15, 0.2) is 0 Å². The number of fused-ring (bicyclic) bond motifs is 1. The van der Waals surface area contributed by atoms with E-state index in [2.05, 4.69) is 10.9 Å². The van der Waals surface area contributed by atoms with E-state index in [1.165, 1.54) is 0 Å². The second-order valence-corrected chi connectivity index (χ2v) is 8.22. The number of para-hydroxylation sites is 3. The Morgan fingerprint density at radius 1 is 0.639 bits per heavy atom. The molecule has 4 aromatic carbocycles. The van der Waals surface area contributed by atoms with Crippen molar-refractivity contribution in [3.8, 4) is 22.6 Å². The molecule has 0 atom stereocenters. The van der Waals surface area contributed by atoms with Gasteiger partial charge in [0, 0.05) is 5.56 Å². The first kappa shape index (κ1) is 21.4. The Bertz CT molecular complexity index is 1690. The lowest BCUT2D eigenvalue weighted by molar-refractivity contribution is 0.884. The molecule has 2 heterocycles. The molecule has 0 aliphatic heterocycles. The molecule has 0 amide bonds. The van der Waals surface area contributed by atoms with Crippen molar-refractivity contribution < 1.29 is 0 Å². The lowest BCUT2D eigenvalue weighted by atomic mass is 10.1. The second kappa shape index (κ2) is 9.23. The average Bonchev–Trinajstić information content (AvgIpc) is 3.38. The maximum Gasteiger partial charge on any atom is 0.267 e. The topological polar surface area (TPSA) is 76.8 Å². The normalized spacial score (nSPS) is 10.9. The van der Waals surface area contributed by atoms with Crippen molar-refractivity contribution in [1.82, 2.24) is 19.3 Å². The molecule has 7 nitrogen and oxygen atoms in total. The summed E-state index contributed by atoms with van der Waals surface area (Å²) in [5, 5.41) is 5.39. The summed E-state index contributed by atoms with van der Waals surface area (Å²) in [7, 11) is 0. The zero-order valence-corrected chi connectivity index (χ0v) is 19.2. The van der Waals surface area contributed by atoms with Gasteiger partial charge in [-0.3, -0.25) is 15.6 Å². The highest BCUT2D eigenvalue weighted by molar-refractivity contribution is 5.80. The van der Waals surface area contributed by atoms with Gasteiger partial charge in [0.1, 0.15) is 11.4 Å². The van der Waals surface area contributed by atoms with Crippen molar-refractivity contribution in [3.63, 3.8) is 0 Å². The third-order valence-electron chi connectivity index (χ3n) is 5.88. The Morgan fingerprint density at radius 2 is 1.25 bits per heavy atom. The Hall–Kier alpha value is -5.17. The Morgan fingerprint density at radius 3 is 1.97 bits per heavy atom. The Kier molecular flexibility index (Phi) is 5.48. The molecule has 36 heavy (non-hydrogen) atoms. The van der Waals surface area contributed by atoms with E-state index < -0.39 is 0 Å². The van der Waals surface area contributed by atoms with Crippen LogP contribution < -0.4 is 16.4 Å². The average molecular weight is 471 g/mol. The second-order valence-electron chi connectivity index (χ2n) is 8.22. The number of hydrogen-bond acceptors (Lipinski definition) is 5. The van der Waals surface area contributed by atoms with E-state index in [0.717, 1.165) is 22.6 Å². The first-order valence-corrected chi connectivity index (χ1v) is 11.6. The van der Waals surface area contributed by atoms with Crippen LogP contribution in [0.15, 0.2) is 126 Å². The lowest BCUT2D eigenvalue weighted by Gasteiger charge is -2.16. The monoisotopic (exact) mass is 470 g/mol. The number of hydrogen-bond donors (Lipinski definition) is 2. The number of nitrogens with zero attached hydrogens (tertiary/aromatic N) is 4. The van der Waals surface area contributed by atoms with E-state index in [1.807, 2.05) is 120 Å². The number of hydrazine groups is 1. The Balaban J connectivity index is 1.44. The predicted octanol–water partition coefficient (Wildman–Crippen LogP) is 5.68. The Labute approximate surface area is 207 Å². The van der Waals surface area contributed by atoms with Gasteiger partial charge in [0.05, 0.1) is 28.5 Å². The number of nitrogens with one attached hydrogen (secondary N) is 2. The molecule has 0 fully saturated rings. The molecule has 0 saturated carbocycles. The van der Waals surface area contributed by atoms with Gasteiger partial charge in [-0.1, -0.05) is 78.9 Å². The molecule has 0 bridgehead atoms. The van der Waals surface area contributed by atoms with E-state index in [4.69, 9.17) is 10.1 Å². The minimum atomic E-state index is -0.153. The molecule has 0 saturated heterocycles. The van der Waals surface area contributed by atoms with Crippen molar-refractivity contribution in [2.24, 2.45) is 0 Å². The minimum Gasteiger partial charge on any atom is -0.295 e. The molecular formula is C29H22N6O. The number of rotatable bonds is 6. The molecule has 7 heteroatoms. The van der Waals surface area contributed by atoms with Crippen molar-refractivity contribution in [2.75, 3.05) is 10.9 Å². The fourth-order valence-electron chi connectivity index (χ4n) is 4.14. The summed E-state index contributed by atoms with van der Waals surface area (Å²) in [6.45, 7) is 0. The van der Waals surface area contributed by atoms with E-state index in [9.17, 15) is 4.79 Å². The van der Waals surface area contributed by atoms with Crippen LogP contribution in [-0.4, -0.2) is 19.3 Å². The first-order chi connectivity index (χ1) is 17.8. The maximum absolute atomic E-state index is 13.5. The maximum atomic E-state index is 13.5. The summed E-state index contributed by atoms with van der Waals surface area (Å²) in [5.41, 5.74) is 11.0. The summed E-state index contributed by atoms with van der Waals surface area (Å²) >= 11 is 0. The molecule has 0 unspecified atom stereocenters. The van der Waals surface area contributed by atoms with Crippen LogP contribution >= 0.6 is 0 Å². The largest absolute Gasteiger partial charge is 0.295 e. The van der Waals surface area contributed by atoms with Crippen LogP contribution in [0.4, 0.5) is 11.6 Å². The highest BCUT2D eigenvalue weighted by Gasteiger charge is 2.15. The summed E-state index contributed by atoms with van der Waals surface area (Å²) < 4.78 is 3.39. The summed E-state index contributed by atoms with van der Waals surface area (Å²) in [6.07, 6.45) is 1.91. The predicted molar refractivity (Wildman–Crippen MR) is 144 cm³/mol. The van der Waals surface area contributed by atoms with Crippen molar-refractivity contribution in [1.29, 1.82) is 0 Å². The summed E-state index contributed by atoms with van der Waals surface area (Å²) in [5.74, 6) is 0.372. The molecule has 2 aromatic heterocycles. The van der Waals surface area contributed by atoms with E-state index in [-0.39, 0.29) is 5.56 Å². The minimum absolute atomic E-state index is 0.153. The van der Waals surface area contributed by atoms with Gasteiger partial charge in [0.2, 0.25) is 5.95 Å². The van der Waals surface area contributed by atoms with Crippen molar-refractivity contribution in [3.05, 3.63) is 132 Å². The molecule has 2 N–H and O–H groups in total. The summed E-state index contributed by atoms with van der Waals surface area (Å²) in [6, 6.07) is 36.7. The molecule has 0 spiro atoms. The molecule has 174 valence electrons. The zero-order chi connectivity index (χ0) is 24.3. The first-order valence-electron chi connectivity index (χ1n) is 11.6. The van der Waals surface area contributed by atoms with Crippen LogP contribution in [0.5, 0.6) is 0 Å². The van der Waals surface area contributed by atoms with Crippen LogP contribution in [-0.2, 0) is 0 Å². The standard InChI is InChI=1S/C29H22N6O/c36-28-24-18-10-11-19-25(24)30-29(35(28)23-16-8-3-9-17-23)32-31-26-20-34(22-14-6-2-7-15-22)33-27(26)21-12-4-1-5-13-21/h1-20,31H,(H,30,32). The molecule has 0 aliphatic rings. The van der Waals surface area contributed by atoms with Crippen LogP contribution in [0.2, 0.25) is 0 Å². The third kappa shape index (κ3) is 3.99. The SMILES string of the molecule is O=c1c2ccccc2nc(NNc2cn(-c3ccccc3)nc2-c2ccccc2)n1-c1ccccc1. The molecule has 6 rings (SSSR count). The van der Waals surface area contributed by atoms with Crippen LogP contribution in [0.1, 0.15) is 0 Å². The van der Waals surface area contributed by atoms with Gasteiger partial charge in [0.25, 0.3) is 5.56 Å². The molecule has 0 aliphatic carbocycles. The van der Waals surface area contributed by atoms with Crippen LogP contribution in [0.25, 0.3) is 33.5 Å². The third-order valence-corrected chi connectivity index (χ3v) is 5.88. The lowest BCUT2D eigenvalue weighted by Crippen LogP contribution is -2.25. The van der Waals surface area contributed by atoms with Crippen LogP contribution in [0, 0.1) is 0 Å². The fraction of sp³-hybridized carbons (Fsp3) is 0. The molecule has 6 aromatic rings. The quantitative estimate of drug-likeness (QED) is 0.307.